The molecule has 1 amide bonds. The minimum Gasteiger partial charge on any atom is -0.467 e. The molecule has 0 bridgehead atoms. The second-order valence-electron chi connectivity index (χ2n) is 6.67. The highest BCUT2D eigenvalue weighted by Gasteiger charge is 2.31. The summed E-state index contributed by atoms with van der Waals surface area (Å²) in [6.07, 6.45) is 8.73. The molecule has 7 nitrogen and oxygen atoms in total. The van der Waals surface area contributed by atoms with Crippen molar-refractivity contribution in [3.8, 4) is 0 Å². The topological polar surface area (TPSA) is 74.5 Å². The molecule has 4 rings (SSSR count). The van der Waals surface area contributed by atoms with Crippen LogP contribution in [0.15, 0.2) is 29.0 Å². The number of hydrogen-bond donors (Lipinski definition) is 1. The minimum atomic E-state index is 0.113. The van der Waals surface area contributed by atoms with E-state index in [0.29, 0.717) is 25.0 Å². The van der Waals surface area contributed by atoms with Crippen molar-refractivity contribution in [2.24, 2.45) is 0 Å². The third-order valence-corrected chi connectivity index (χ3v) is 5.09. The van der Waals surface area contributed by atoms with E-state index in [9.17, 15) is 4.79 Å². The smallest absolute Gasteiger partial charge is 0.228 e. The molecule has 25 heavy (non-hydrogen) atoms. The summed E-state index contributed by atoms with van der Waals surface area (Å²) in [5.41, 5.74) is 0.790. The van der Waals surface area contributed by atoms with Gasteiger partial charge in [-0.2, -0.15) is 4.98 Å². The number of fused-ring (bicyclic) bond motifs is 1. The third-order valence-electron chi connectivity index (χ3n) is 5.09. The van der Waals surface area contributed by atoms with Crippen molar-refractivity contribution in [1.29, 1.82) is 0 Å². The van der Waals surface area contributed by atoms with Gasteiger partial charge in [-0.25, -0.2) is 4.98 Å². The zero-order valence-electron chi connectivity index (χ0n) is 14.4. The van der Waals surface area contributed by atoms with E-state index >= 15 is 0 Å². The summed E-state index contributed by atoms with van der Waals surface area (Å²) in [5.74, 6) is 2.36. The molecule has 1 saturated carbocycles. The molecule has 0 spiro atoms. The van der Waals surface area contributed by atoms with Gasteiger partial charge in [0, 0.05) is 26.1 Å². The molecule has 7 heteroatoms. The molecule has 0 aromatic carbocycles. The number of aromatic nitrogens is 2. The predicted octanol–water partition coefficient (Wildman–Crippen LogP) is 2.80. The highest BCUT2D eigenvalue weighted by molar-refractivity contribution is 5.97. The molecule has 0 saturated heterocycles. The zero-order valence-corrected chi connectivity index (χ0v) is 14.4. The second kappa shape index (κ2) is 6.74. The first-order valence-electron chi connectivity index (χ1n) is 8.89. The molecular weight excluding hydrogens is 318 g/mol. The monoisotopic (exact) mass is 341 g/mol. The van der Waals surface area contributed by atoms with E-state index in [1.807, 2.05) is 12.1 Å². The largest absolute Gasteiger partial charge is 0.467 e. The number of nitrogens with zero attached hydrogens (tertiary/aromatic N) is 4. The maximum Gasteiger partial charge on any atom is 0.228 e. The molecule has 0 unspecified atom stereocenters. The van der Waals surface area contributed by atoms with Crippen LogP contribution in [0.25, 0.3) is 0 Å². The Morgan fingerprint density at radius 2 is 2.20 bits per heavy atom. The van der Waals surface area contributed by atoms with Gasteiger partial charge in [0.1, 0.15) is 11.4 Å². The Hall–Kier alpha value is -2.57. The van der Waals surface area contributed by atoms with Gasteiger partial charge in [-0.15, -0.1) is 0 Å². The average molecular weight is 341 g/mol. The normalized spacial score (nSPS) is 18.4. The van der Waals surface area contributed by atoms with Crippen molar-refractivity contribution in [2.75, 3.05) is 28.7 Å². The fraction of sp³-hybridized carbons (Fsp3) is 0.500. The summed E-state index contributed by atoms with van der Waals surface area (Å²) < 4.78 is 5.34. The minimum absolute atomic E-state index is 0.113. The summed E-state index contributed by atoms with van der Waals surface area (Å²) in [4.78, 5) is 25.5. The molecular formula is C18H23N5O2. The van der Waals surface area contributed by atoms with Crippen LogP contribution >= 0.6 is 0 Å². The van der Waals surface area contributed by atoms with Crippen molar-refractivity contribution in [2.45, 2.75) is 44.7 Å². The molecule has 0 atom stereocenters. The molecule has 2 aromatic rings. The Morgan fingerprint density at radius 3 is 2.96 bits per heavy atom. The summed E-state index contributed by atoms with van der Waals surface area (Å²) in [6, 6.07) is 4.23. The zero-order chi connectivity index (χ0) is 17.2. The summed E-state index contributed by atoms with van der Waals surface area (Å²) in [6.45, 7) is 1.25. The SMILES string of the molecule is CN1C(=O)CCN(C2CCCC2)c2nc(NCc3ccco3)ncc21. The summed E-state index contributed by atoms with van der Waals surface area (Å²) in [7, 11) is 1.80. The van der Waals surface area contributed by atoms with E-state index in [0.717, 1.165) is 36.7 Å². The van der Waals surface area contributed by atoms with E-state index < -0.39 is 0 Å². The lowest BCUT2D eigenvalue weighted by atomic mass is 10.2. The number of carbonyl (C=O) groups excluding carboxylic acids is 1. The van der Waals surface area contributed by atoms with Crippen LogP contribution in [0.3, 0.4) is 0 Å². The fourth-order valence-corrected chi connectivity index (χ4v) is 3.67. The maximum absolute atomic E-state index is 12.3. The Kier molecular flexibility index (Phi) is 4.29. The third kappa shape index (κ3) is 3.18. The molecule has 1 N–H and O–H groups in total. The number of nitrogens with one attached hydrogen (secondary N) is 1. The summed E-state index contributed by atoms with van der Waals surface area (Å²) in [5, 5.41) is 3.21. The Labute approximate surface area is 147 Å². The van der Waals surface area contributed by atoms with Crippen LogP contribution in [0.4, 0.5) is 17.5 Å². The molecule has 2 aliphatic rings. The van der Waals surface area contributed by atoms with Crippen LogP contribution in [0.5, 0.6) is 0 Å². The Balaban J connectivity index is 1.63. The molecule has 1 fully saturated rings. The first-order valence-corrected chi connectivity index (χ1v) is 8.89. The lowest BCUT2D eigenvalue weighted by Crippen LogP contribution is -2.34. The Bertz CT molecular complexity index is 740. The highest BCUT2D eigenvalue weighted by atomic mass is 16.3. The highest BCUT2D eigenvalue weighted by Crippen LogP contribution is 2.35. The standard InChI is InChI=1S/C18H23N5O2/c1-22-15-12-20-18(19-11-14-7-4-10-25-14)21-17(15)23(9-8-16(22)24)13-5-2-3-6-13/h4,7,10,12-13H,2-3,5-6,8-9,11H2,1H3,(H,19,20,21). The summed E-state index contributed by atoms with van der Waals surface area (Å²) >= 11 is 0. The number of carbonyl (C=O) groups is 1. The van der Waals surface area contributed by atoms with Gasteiger partial charge in [-0.05, 0) is 25.0 Å². The molecule has 3 heterocycles. The van der Waals surface area contributed by atoms with Gasteiger partial charge < -0.3 is 19.5 Å². The van der Waals surface area contributed by atoms with Crippen molar-refractivity contribution >= 4 is 23.4 Å². The van der Waals surface area contributed by atoms with Gasteiger partial charge in [0.2, 0.25) is 11.9 Å². The second-order valence-corrected chi connectivity index (χ2v) is 6.67. The number of anilines is 3. The van der Waals surface area contributed by atoms with E-state index in [-0.39, 0.29) is 5.91 Å². The van der Waals surface area contributed by atoms with Crippen molar-refractivity contribution in [3.05, 3.63) is 30.4 Å². The van der Waals surface area contributed by atoms with Gasteiger partial charge >= 0.3 is 0 Å². The van der Waals surface area contributed by atoms with Gasteiger partial charge in [0.25, 0.3) is 0 Å². The fourth-order valence-electron chi connectivity index (χ4n) is 3.67. The van der Waals surface area contributed by atoms with Crippen LogP contribution < -0.4 is 15.1 Å². The van der Waals surface area contributed by atoms with E-state index in [1.54, 1.807) is 24.4 Å². The molecule has 132 valence electrons. The lowest BCUT2D eigenvalue weighted by molar-refractivity contribution is -0.118. The van der Waals surface area contributed by atoms with E-state index in [1.165, 1.54) is 12.8 Å². The quantitative estimate of drug-likeness (QED) is 0.922. The molecule has 2 aromatic heterocycles. The maximum atomic E-state index is 12.3. The number of amides is 1. The number of furan rings is 1. The molecule has 1 aliphatic carbocycles. The van der Waals surface area contributed by atoms with Crippen LogP contribution in [-0.4, -0.2) is 35.5 Å². The van der Waals surface area contributed by atoms with Crippen LogP contribution in [0.2, 0.25) is 0 Å². The van der Waals surface area contributed by atoms with Crippen LogP contribution in [-0.2, 0) is 11.3 Å². The van der Waals surface area contributed by atoms with Gasteiger partial charge in [0.05, 0.1) is 19.0 Å². The average Bonchev–Trinajstić information content (AvgIpc) is 3.31. The molecule has 1 aliphatic heterocycles. The molecule has 0 radical (unpaired) electrons. The first kappa shape index (κ1) is 15.9. The van der Waals surface area contributed by atoms with E-state index in [4.69, 9.17) is 9.40 Å². The van der Waals surface area contributed by atoms with Crippen LogP contribution in [0, 0.1) is 0 Å². The predicted molar refractivity (Wildman–Crippen MR) is 95.7 cm³/mol. The van der Waals surface area contributed by atoms with Gasteiger partial charge in [-0.1, -0.05) is 12.8 Å². The lowest BCUT2D eigenvalue weighted by Gasteiger charge is -2.30. The first-order chi connectivity index (χ1) is 12.2. The van der Waals surface area contributed by atoms with Crippen molar-refractivity contribution < 1.29 is 9.21 Å². The van der Waals surface area contributed by atoms with Crippen LogP contribution in [0.1, 0.15) is 37.9 Å². The van der Waals surface area contributed by atoms with E-state index in [2.05, 4.69) is 15.2 Å². The number of rotatable bonds is 4. The number of hydrogen-bond acceptors (Lipinski definition) is 6. The van der Waals surface area contributed by atoms with Gasteiger partial charge in [0.15, 0.2) is 5.82 Å². The Morgan fingerprint density at radius 1 is 1.36 bits per heavy atom. The van der Waals surface area contributed by atoms with Gasteiger partial charge in [-0.3, -0.25) is 4.79 Å². The van der Waals surface area contributed by atoms with Crippen molar-refractivity contribution in [3.63, 3.8) is 0 Å². The van der Waals surface area contributed by atoms with Crippen molar-refractivity contribution in [1.82, 2.24) is 9.97 Å².